The number of hydrogen-bond acceptors (Lipinski definition) is 5. The molecule has 144 valence electrons. The molecule has 0 spiro atoms. The summed E-state index contributed by atoms with van der Waals surface area (Å²) in [6.07, 6.45) is 2.66. The Hall–Kier alpha value is -2.71. The first-order valence-corrected chi connectivity index (χ1v) is 9.01. The number of nitrogens with zero attached hydrogens (tertiary/aromatic N) is 3. The molecule has 8 heteroatoms. The molecule has 1 fully saturated rings. The number of rotatable bonds is 7. The van der Waals surface area contributed by atoms with Gasteiger partial charge >= 0.3 is 0 Å². The number of amides is 2. The maximum Gasteiger partial charge on any atom is 0.259 e. The summed E-state index contributed by atoms with van der Waals surface area (Å²) in [7, 11) is 1.52. The summed E-state index contributed by atoms with van der Waals surface area (Å²) >= 11 is 0. The topological polar surface area (TPSA) is 102 Å². The van der Waals surface area contributed by atoms with Crippen molar-refractivity contribution in [3.8, 4) is 0 Å². The minimum absolute atomic E-state index is 0.164. The van der Waals surface area contributed by atoms with Crippen LogP contribution in [0.3, 0.4) is 0 Å². The number of anilines is 1. The van der Waals surface area contributed by atoms with Gasteiger partial charge in [-0.15, -0.1) is 0 Å². The zero-order valence-electron chi connectivity index (χ0n) is 15.4. The summed E-state index contributed by atoms with van der Waals surface area (Å²) in [4.78, 5) is 25.8. The van der Waals surface area contributed by atoms with Crippen molar-refractivity contribution in [1.29, 1.82) is 0 Å². The molecule has 0 unspecified atom stereocenters. The fraction of sp³-hybridized carbons (Fsp3) is 0.421. The molecule has 8 nitrogen and oxygen atoms in total. The maximum absolute atomic E-state index is 12.7. The third-order valence-electron chi connectivity index (χ3n) is 4.78. The van der Waals surface area contributed by atoms with E-state index in [9.17, 15) is 9.59 Å². The number of hydrogen-bond donors (Lipinski definition) is 2. The highest BCUT2D eigenvalue weighted by molar-refractivity contribution is 5.94. The molecule has 2 heterocycles. The van der Waals surface area contributed by atoms with Crippen LogP contribution < -0.4 is 11.1 Å². The Labute approximate surface area is 158 Å². The Balaban J connectivity index is 1.65. The average molecular weight is 371 g/mol. The fourth-order valence-corrected chi connectivity index (χ4v) is 3.46. The van der Waals surface area contributed by atoms with Gasteiger partial charge in [0.2, 0.25) is 5.91 Å². The summed E-state index contributed by atoms with van der Waals surface area (Å²) in [5.41, 5.74) is 6.06. The second-order valence-electron chi connectivity index (χ2n) is 6.65. The van der Waals surface area contributed by atoms with E-state index in [0.717, 1.165) is 31.5 Å². The molecule has 27 heavy (non-hydrogen) atoms. The van der Waals surface area contributed by atoms with Crippen LogP contribution in [0.5, 0.6) is 0 Å². The first-order valence-electron chi connectivity index (χ1n) is 9.01. The second-order valence-corrected chi connectivity index (χ2v) is 6.65. The number of aromatic nitrogens is 2. The number of benzene rings is 1. The molecule has 1 aliphatic heterocycles. The molecule has 2 amide bonds. The van der Waals surface area contributed by atoms with E-state index >= 15 is 0 Å². The molecule has 1 saturated heterocycles. The Bertz CT molecular complexity index is 769. The van der Waals surface area contributed by atoms with Crippen LogP contribution in [-0.4, -0.2) is 53.2 Å². The van der Waals surface area contributed by atoms with Crippen LogP contribution in [0.4, 0.5) is 5.82 Å². The first kappa shape index (κ1) is 19.1. The molecule has 0 radical (unpaired) electrons. The minimum atomic E-state index is -0.688. The predicted octanol–water partition coefficient (Wildman–Crippen LogP) is 1.33. The molecule has 1 aliphatic rings. The molecule has 1 aromatic carbocycles. The molecular weight excluding hydrogens is 346 g/mol. The zero-order valence-corrected chi connectivity index (χ0v) is 15.4. The van der Waals surface area contributed by atoms with Crippen LogP contribution in [0.15, 0.2) is 42.6 Å². The lowest BCUT2D eigenvalue weighted by molar-refractivity contribution is -0.126. The predicted molar refractivity (Wildman–Crippen MR) is 101 cm³/mol. The van der Waals surface area contributed by atoms with Crippen LogP contribution in [0, 0.1) is 0 Å². The van der Waals surface area contributed by atoms with Gasteiger partial charge in [0.1, 0.15) is 5.82 Å². The van der Waals surface area contributed by atoms with Gasteiger partial charge in [-0.3, -0.25) is 14.5 Å². The SMILES string of the molecule is CO[C@H](C(=O)Nc1ccnn1C1CCN(CC(N)=O)CC1)c1ccccc1. The summed E-state index contributed by atoms with van der Waals surface area (Å²) in [6.45, 7) is 1.82. The van der Waals surface area contributed by atoms with Gasteiger partial charge in [-0.1, -0.05) is 30.3 Å². The van der Waals surface area contributed by atoms with E-state index in [1.54, 1.807) is 12.3 Å². The number of nitrogens with two attached hydrogens (primary N) is 1. The quantitative estimate of drug-likeness (QED) is 0.764. The monoisotopic (exact) mass is 371 g/mol. The number of likely N-dealkylation sites (tertiary alicyclic amines) is 1. The molecule has 3 N–H and O–H groups in total. The van der Waals surface area contributed by atoms with Crippen molar-refractivity contribution in [2.75, 3.05) is 32.1 Å². The van der Waals surface area contributed by atoms with E-state index in [0.29, 0.717) is 5.82 Å². The van der Waals surface area contributed by atoms with Crippen LogP contribution in [-0.2, 0) is 14.3 Å². The van der Waals surface area contributed by atoms with Crippen molar-refractivity contribution in [3.63, 3.8) is 0 Å². The number of nitrogens with one attached hydrogen (secondary N) is 1. The number of ether oxygens (including phenoxy) is 1. The number of carbonyl (C=O) groups is 2. The van der Waals surface area contributed by atoms with Gasteiger partial charge in [-0.05, 0) is 18.4 Å². The third-order valence-corrected chi connectivity index (χ3v) is 4.78. The summed E-state index contributed by atoms with van der Waals surface area (Å²) in [5.74, 6) is 0.0926. The maximum atomic E-state index is 12.7. The van der Waals surface area contributed by atoms with Crippen molar-refractivity contribution in [3.05, 3.63) is 48.2 Å². The molecule has 0 aliphatic carbocycles. The number of methoxy groups -OCH3 is 1. The Kier molecular flexibility index (Phi) is 6.20. The Morgan fingerprint density at radius 1 is 1.26 bits per heavy atom. The molecular formula is C19H25N5O3. The number of primary amides is 1. The van der Waals surface area contributed by atoms with Gasteiger partial charge in [0.15, 0.2) is 6.10 Å². The first-order chi connectivity index (χ1) is 13.1. The molecule has 2 aromatic rings. The molecule has 3 rings (SSSR count). The van der Waals surface area contributed by atoms with Gasteiger partial charge in [0.05, 0.1) is 18.8 Å². The normalized spacial score (nSPS) is 16.8. The lowest BCUT2D eigenvalue weighted by atomic mass is 10.1. The molecule has 1 atom stereocenters. The number of piperidine rings is 1. The smallest absolute Gasteiger partial charge is 0.259 e. The van der Waals surface area contributed by atoms with Crippen molar-refractivity contribution >= 4 is 17.6 Å². The van der Waals surface area contributed by atoms with E-state index in [-0.39, 0.29) is 24.4 Å². The van der Waals surface area contributed by atoms with Crippen molar-refractivity contribution in [1.82, 2.24) is 14.7 Å². The summed E-state index contributed by atoms with van der Waals surface area (Å²) < 4.78 is 7.24. The highest BCUT2D eigenvalue weighted by Crippen LogP contribution is 2.26. The molecule has 0 saturated carbocycles. The highest BCUT2D eigenvalue weighted by atomic mass is 16.5. The van der Waals surface area contributed by atoms with Gasteiger partial charge in [0.25, 0.3) is 5.91 Å². The van der Waals surface area contributed by atoms with Crippen molar-refractivity contribution < 1.29 is 14.3 Å². The summed E-state index contributed by atoms with van der Waals surface area (Å²) in [6, 6.07) is 11.3. The standard InChI is InChI=1S/C19H25N5O3/c1-27-18(14-5-3-2-4-6-14)19(26)22-17-7-10-21-24(17)15-8-11-23(12-9-15)13-16(20)25/h2-7,10,15,18H,8-9,11-13H2,1H3,(H2,20,25)(H,22,26)/t18-/m0/s1. The fourth-order valence-electron chi connectivity index (χ4n) is 3.46. The molecule has 1 aromatic heterocycles. The Morgan fingerprint density at radius 2 is 1.96 bits per heavy atom. The van der Waals surface area contributed by atoms with Crippen molar-refractivity contribution in [2.45, 2.75) is 25.0 Å². The van der Waals surface area contributed by atoms with Gasteiger partial charge in [0, 0.05) is 26.3 Å². The van der Waals surface area contributed by atoms with E-state index in [2.05, 4.69) is 10.4 Å². The second kappa shape index (κ2) is 8.79. The Morgan fingerprint density at radius 3 is 2.59 bits per heavy atom. The average Bonchev–Trinajstić information content (AvgIpc) is 3.11. The van der Waals surface area contributed by atoms with Crippen LogP contribution in [0.25, 0.3) is 0 Å². The van der Waals surface area contributed by atoms with Crippen LogP contribution in [0.1, 0.15) is 30.6 Å². The lowest BCUT2D eigenvalue weighted by Gasteiger charge is -2.31. The van der Waals surface area contributed by atoms with Gasteiger partial charge < -0.3 is 15.8 Å². The largest absolute Gasteiger partial charge is 0.369 e. The summed E-state index contributed by atoms with van der Waals surface area (Å²) in [5, 5.41) is 7.32. The number of carbonyl (C=O) groups excluding carboxylic acids is 2. The van der Waals surface area contributed by atoms with Crippen molar-refractivity contribution in [2.24, 2.45) is 5.73 Å². The molecule has 0 bridgehead atoms. The third kappa shape index (κ3) is 4.72. The van der Waals surface area contributed by atoms with Crippen LogP contribution >= 0.6 is 0 Å². The van der Waals surface area contributed by atoms with Gasteiger partial charge in [-0.25, -0.2) is 4.68 Å². The van der Waals surface area contributed by atoms with E-state index in [1.807, 2.05) is 39.9 Å². The van der Waals surface area contributed by atoms with Gasteiger partial charge in [-0.2, -0.15) is 5.10 Å². The van der Waals surface area contributed by atoms with Crippen LogP contribution in [0.2, 0.25) is 0 Å². The minimum Gasteiger partial charge on any atom is -0.369 e. The zero-order chi connectivity index (χ0) is 19.2. The highest BCUT2D eigenvalue weighted by Gasteiger charge is 2.25. The lowest BCUT2D eigenvalue weighted by Crippen LogP contribution is -2.40. The van der Waals surface area contributed by atoms with E-state index < -0.39 is 6.10 Å². The van der Waals surface area contributed by atoms with E-state index in [4.69, 9.17) is 10.5 Å². The van der Waals surface area contributed by atoms with E-state index in [1.165, 1.54) is 7.11 Å².